The van der Waals surface area contributed by atoms with E-state index in [-0.39, 0.29) is 19.6 Å². The van der Waals surface area contributed by atoms with Gasteiger partial charge in [-0.05, 0) is 30.5 Å². The van der Waals surface area contributed by atoms with E-state index in [1.54, 1.807) is 24.3 Å². The van der Waals surface area contributed by atoms with Crippen molar-refractivity contribution in [3.63, 3.8) is 0 Å². The second kappa shape index (κ2) is 21.4. The molecule has 1 aromatic rings. The monoisotopic (exact) mass is 728 g/mol. The number of hydrogen-bond acceptors (Lipinski definition) is 13. The molecule has 1 heterocycles. The minimum atomic E-state index is -2.52. The summed E-state index contributed by atoms with van der Waals surface area (Å²) in [5.41, 5.74) is 0.611. The molecule has 1 aliphatic rings. The number of amides is 2. The molecule has 50 heavy (non-hydrogen) atoms. The van der Waals surface area contributed by atoms with Crippen LogP contribution in [0, 0.1) is 12.3 Å². The van der Waals surface area contributed by atoms with Crippen LogP contribution in [0.25, 0.3) is 0 Å². The number of aliphatic hydroxyl groups excluding tert-OH is 3. The lowest BCUT2D eigenvalue weighted by Gasteiger charge is -2.46. The van der Waals surface area contributed by atoms with E-state index in [1.165, 1.54) is 0 Å². The van der Waals surface area contributed by atoms with Gasteiger partial charge in [0.1, 0.15) is 25.4 Å². The fourth-order valence-electron chi connectivity index (χ4n) is 4.97. The molecular formula is C33H45ClN2O14. The van der Waals surface area contributed by atoms with Crippen molar-refractivity contribution in [3.8, 4) is 12.3 Å². The standard InChI is InChI=1S/C33H45ClN2O14/c1-4-13-46-14-7-5-6-8-15-48-33(32(44)45)17-24(39)28(36-31(43)26(49-21(3)38)19-47-20(2)37)30(50-33)29(42)25(40)18-35-27(41)16-22-9-11-23(34)12-10-22/h1,9-12,24-26,28-30,39-40,42H,5-8,13-19H2,2-3H3,(H,35,41)(H,36,43)(H,44,45)/t24-,25+,26?,28+,29+,30+,33+/m0/s1. The first-order valence-electron chi connectivity index (χ1n) is 15.9. The summed E-state index contributed by atoms with van der Waals surface area (Å²) in [4.78, 5) is 61.2. The van der Waals surface area contributed by atoms with E-state index in [4.69, 9.17) is 41.7 Å². The number of carbonyl (C=O) groups excluding carboxylic acids is 4. The first kappa shape index (κ1) is 42.3. The number of esters is 2. The third kappa shape index (κ3) is 14.2. The van der Waals surface area contributed by atoms with E-state index in [1.807, 2.05) is 0 Å². The molecule has 1 aliphatic heterocycles. The van der Waals surface area contributed by atoms with Crippen molar-refractivity contribution in [1.82, 2.24) is 10.6 Å². The highest BCUT2D eigenvalue weighted by molar-refractivity contribution is 6.30. The SMILES string of the molecule is C#CCOCCCCCCO[C@]1(C(=O)O)C[C@H](O)[C@@H](NC(=O)C(COC(C)=O)OC(C)=O)[C@H]([C@H](O)[C@H](O)CNC(=O)Cc2ccc(Cl)cc2)O1. The highest BCUT2D eigenvalue weighted by Gasteiger charge is 2.56. The van der Waals surface area contributed by atoms with Gasteiger partial charge in [-0.3, -0.25) is 19.2 Å². The molecule has 0 spiro atoms. The van der Waals surface area contributed by atoms with Crippen LogP contribution in [0.4, 0.5) is 0 Å². The number of nitrogens with one attached hydrogen (secondary N) is 2. The zero-order valence-electron chi connectivity index (χ0n) is 27.9. The van der Waals surface area contributed by atoms with Gasteiger partial charge >= 0.3 is 17.9 Å². The van der Waals surface area contributed by atoms with E-state index in [2.05, 4.69) is 16.6 Å². The number of aliphatic hydroxyl groups is 3. The Labute approximate surface area is 294 Å². The summed E-state index contributed by atoms with van der Waals surface area (Å²) in [6.07, 6.45) is -2.41. The number of terminal acetylenes is 1. The molecule has 6 N–H and O–H groups in total. The molecule has 1 fully saturated rings. The predicted octanol–water partition coefficient (Wildman–Crippen LogP) is -0.142. The molecule has 1 aromatic carbocycles. The number of carbonyl (C=O) groups is 5. The number of benzene rings is 1. The van der Waals surface area contributed by atoms with E-state index >= 15 is 0 Å². The molecule has 0 radical (unpaired) electrons. The molecule has 278 valence electrons. The van der Waals surface area contributed by atoms with Gasteiger partial charge in [0.05, 0.1) is 31.3 Å². The first-order valence-corrected chi connectivity index (χ1v) is 16.3. The van der Waals surface area contributed by atoms with E-state index in [0.29, 0.717) is 36.5 Å². The largest absolute Gasteiger partial charge is 0.477 e. The fourth-order valence-corrected chi connectivity index (χ4v) is 5.09. The van der Waals surface area contributed by atoms with Crippen molar-refractivity contribution in [1.29, 1.82) is 0 Å². The molecule has 17 heteroatoms. The Morgan fingerprint density at radius 2 is 1.72 bits per heavy atom. The normalized spacial score (nSPS) is 21.9. The van der Waals surface area contributed by atoms with Crippen molar-refractivity contribution < 1.29 is 68.1 Å². The molecule has 0 saturated carbocycles. The quantitative estimate of drug-likeness (QED) is 0.0549. The fraction of sp³-hybridized carbons (Fsp3) is 0.606. The summed E-state index contributed by atoms with van der Waals surface area (Å²) in [5.74, 6) is -5.13. The maximum Gasteiger partial charge on any atom is 0.364 e. The first-order chi connectivity index (χ1) is 23.7. The van der Waals surface area contributed by atoms with Crippen LogP contribution in [0.2, 0.25) is 5.02 Å². The topological polar surface area (TPSA) is 236 Å². The van der Waals surface area contributed by atoms with Crippen LogP contribution in [0.3, 0.4) is 0 Å². The Morgan fingerprint density at radius 1 is 1.06 bits per heavy atom. The minimum Gasteiger partial charge on any atom is -0.477 e. The van der Waals surface area contributed by atoms with Crippen molar-refractivity contribution in [2.45, 2.75) is 94.7 Å². The Kier molecular flexibility index (Phi) is 18.1. The van der Waals surface area contributed by atoms with Crippen LogP contribution < -0.4 is 10.6 Å². The molecule has 1 saturated heterocycles. The lowest BCUT2D eigenvalue weighted by molar-refractivity contribution is -0.310. The third-order valence-corrected chi connectivity index (χ3v) is 7.72. The molecule has 2 rings (SSSR count). The zero-order chi connectivity index (χ0) is 37.3. The van der Waals surface area contributed by atoms with Gasteiger partial charge in [-0.2, -0.15) is 0 Å². The second-order valence-electron chi connectivity index (χ2n) is 11.5. The smallest absolute Gasteiger partial charge is 0.364 e. The number of hydrogen-bond donors (Lipinski definition) is 6. The van der Waals surface area contributed by atoms with Gasteiger partial charge in [0.2, 0.25) is 12.0 Å². The Morgan fingerprint density at radius 3 is 2.32 bits per heavy atom. The number of halogens is 1. The van der Waals surface area contributed by atoms with E-state index < -0.39 is 91.6 Å². The van der Waals surface area contributed by atoms with Crippen molar-refractivity contribution in [2.75, 3.05) is 33.0 Å². The van der Waals surface area contributed by atoms with Crippen LogP contribution in [-0.4, -0.2) is 125 Å². The second-order valence-corrected chi connectivity index (χ2v) is 12.0. The number of carboxylic acid groups (broad SMARTS) is 1. The summed E-state index contributed by atoms with van der Waals surface area (Å²) in [5, 5.41) is 48.8. The van der Waals surface area contributed by atoms with Crippen LogP contribution in [0.1, 0.15) is 51.5 Å². The lowest BCUT2D eigenvalue weighted by atomic mass is 9.88. The molecule has 0 bridgehead atoms. The van der Waals surface area contributed by atoms with Crippen LogP contribution in [0.5, 0.6) is 0 Å². The van der Waals surface area contributed by atoms with Gasteiger partial charge in [-0.15, -0.1) is 6.42 Å². The highest BCUT2D eigenvalue weighted by Crippen LogP contribution is 2.34. The Balaban J connectivity index is 2.23. The van der Waals surface area contributed by atoms with Gasteiger partial charge in [0.15, 0.2) is 0 Å². The average Bonchev–Trinajstić information content (AvgIpc) is 3.06. The minimum absolute atomic E-state index is 0.0922. The summed E-state index contributed by atoms with van der Waals surface area (Å²) < 4.78 is 26.4. The summed E-state index contributed by atoms with van der Waals surface area (Å²) in [6.45, 7) is 1.34. The maximum atomic E-state index is 13.2. The summed E-state index contributed by atoms with van der Waals surface area (Å²) in [6, 6.07) is 4.82. The van der Waals surface area contributed by atoms with Crippen LogP contribution in [-0.2, 0) is 54.1 Å². The lowest BCUT2D eigenvalue weighted by Crippen LogP contribution is -2.69. The highest BCUT2D eigenvalue weighted by atomic mass is 35.5. The predicted molar refractivity (Wildman–Crippen MR) is 174 cm³/mol. The van der Waals surface area contributed by atoms with Crippen molar-refractivity contribution in [2.24, 2.45) is 0 Å². The third-order valence-electron chi connectivity index (χ3n) is 7.47. The molecule has 16 nitrogen and oxygen atoms in total. The number of aliphatic carboxylic acids is 1. The number of ether oxygens (including phenoxy) is 5. The average molecular weight is 729 g/mol. The van der Waals surface area contributed by atoms with E-state index in [9.17, 15) is 44.4 Å². The van der Waals surface area contributed by atoms with Crippen molar-refractivity contribution >= 4 is 41.3 Å². The van der Waals surface area contributed by atoms with Gasteiger partial charge in [-0.1, -0.05) is 42.5 Å². The van der Waals surface area contributed by atoms with Crippen LogP contribution >= 0.6 is 11.6 Å². The molecule has 2 amide bonds. The number of carboxylic acids is 1. The molecule has 1 unspecified atom stereocenters. The maximum absolute atomic E-state index is 13.2. The van der Waals surface area contributed by atoms with Gasteiger partial charge < -0.3 is 54.7 Å². The Hall–Kier alpha value is -3.82. The number of unbranched alkanes of at least 4 members (excludes halogenated alkanes) is 3. The van der Waals surface area contributed by atoms with Crippen molar-refractivity contribution in [3.05, 3.63) is 34.9 Å². The molecule has 7 atom stereocenters. The van der Waals surface area contributed by atoms with Crippen LogP contribution in [0.15, 0.2) is 24.3 Å². The van der Waals surface area contributed by atoms with E-state index in [0.717, 1.165) is 20.3 Å². The zero-order valence-corrected chi connectivity index (χ0v) is 28.6. The molecule has 0 aromatic heterocycles. The Bertz CT molecular complexity index is 1320. The van der Waals surface area contributed by atoms with Gasteiger partial charge in [0.25, 0.3) is 11.7 Å². The molecule has 0 aliphatic carbocycles. The number of rotatable bonds is 21. The van der Waals surface area contributed by atoms with Gasteiger partial charge in [0, 0.05) is 38.4 Å². The van der Waals surface area contributed by atoms with Gasteiger partial charge in [-0.25, -0.2) is 4.79 Å². The molecular weight excluding hydrogens is 684 g/mol. The summed E-state index contributed by atoms with van der Waals surface area (Å²) >= 11 is 5.87. The summed E-state index contributed by atoms with van der Waals surface area (Å²) in [7, 11) is 0.